The van der Waals surface area contributed by atoms with Crippen LogP contribution in [0.15, 0.2) is 16.6 Å². The molecule has 0 saturated carbocycles. The van der Waals surface area contributed by atoms with E-state index in [-0.39, 0.29) is 0 Å². The van der Waals surface area contributed by atoms with Crippen molar-refractivity contribution < 1.29 is 0 Å². The molecular formula is C6H9N. The van der Waals surface area contributed by atoms with Crippen molar-refractivity contribution in [3.8, 4) is 0 Å². The summed E-state index contributed by atoms with van der Waals surface area (Å²) in [5.74, 6) is 0. The van der Waals surface area contributed by atoms with E-state index in [1.165, 1.54) is 5.57 Å². The van der Waals surface area contributed by atoms with E-state index in [0.29, 0.717) is 0 Å². The molecule has 0 aromatic rings. The van der Waals surface area contributed by atoms with Crippen molar-refractivity contribution in [1.29, 1.82) is 0 Å². The molecule has 0 spiro atoms. The molecule has 7 heavy (non-hydrogen) atoms. The molecule has 0 unspecified atom stereocenters. The van der Waals surface area contributed by atoms with E-state index in [9.17, 15) is 0 Å². The van der Waals surface area contributed by atoms with Crippen LogP contribution in [0.4, 0.5) is 0 Å². The van der Waals surface area contributed by atoms with E-state index in [1.54, 1.807) is 0 Å². The van der Waals surface area contributed by atoms with Crippen LogP contribution in [-0.4, -0.2) is 12.8 Å². The lowest BCUT2D eigenvalue weighted by atomic mass is 10.2. The van der Waals surface area contributed by atoms with Gasteiger partial charge in [0.15, 0.2) is 0 Å². The Morgan fingerprint density at radius 2 is 2.71 bits per heavy atom. The van der Waals surface area contributed by atoms with E-state index < -0.39 is 0 Å². The van der Waals surface area contributed by atoms with Crippen molar-refractivity contribution in [1.82, 2.24) is 0 Å². The minimum absolute atomic E-state index is 1.000. The van der Waals surface area contributed by atoms with Crippen LogP contribution in [0, 0.1) is 0 Å². The molecule has 0 aliphatic carbocycles. The molecule has 1 heterocycles. The zero-order valence-electron chi connectivity index (χ0n) is 4.52. The quantitative estimate of drug-likeness (QED) is 0.431. The van der Waals surface area contributed by atoms with E-state index in [4.69, 9.17) is 0 Å². The monoisotopic (exact) mass is 95.1 g/mol. The number of nitrogens with zero attached hydrogens (tertiary/aromatic N) is 1. The predicted octanol–water partition coefficient (Wildman–Crippen LogP) is 1.41. The highest BCUT2D eigenvalue weighted by Crippen LogP contribution is 2.03. The van der Waals surface area contributed by atoms with Crippen molar-refractivity contribution in [2.45, 2.75) is 13.3 Å². The van der Waals surface area contributed by atoms with Gasteiger partial charge in [-0.05, 0) is 18.9 Å². The lowest BCUT2D eigenvalue weighted by molar-refractivity contribution is 1.04. The Hall–Kier alpha value is -0.590. The van der Waals surface area contributed by atoms with Gasteiger partial charge in [0, 0.05) is 12.8 Å². The Balaban J connectivity index is 2.59. The fourth-order valence-electron chi connectivity index (χ4n) is 0.659. The molecule has 0 radical (unpaired) electrons. The van der Waals surface area contributed by atoms with Crippen LogP contribution in [0.5, 0.6) is 0 Å². The van der Waals surface area contributed by atoms with Crippen LogP contribution in [0.2, 0.25) is 0 Å². The van der Waals surface area contributed by atoms with Crippen molar-refractivity contribution in [3.63, 3.8) is 0 Å². The van der Waals surface area contributed by atoms with Gasteiger partial charge in [0.25, 0.3) is 0 Å². The maximum atomic E-state index is 4.04. The summed E-state index contributed by atoms with van der Waals surface area (Å²) < 4.78 is 0. The molecule has 0 saturated heterocycles. The predicted molar refractivity (Wildman–Crippen MR) is 31.7 cm³/mol. The zero-order chi connectivity index (χ0) is 5.11. The first-order valence-electron chi connectivity index (χ1n) is 2.58. The van der Waals surface area contributed by atoms with E-state index in [2.05, 4.69) is 11.1 Å². The van der Waals surface area contributed by atoms with E-state index >= 15 is 0 Å². The van der Waals surface area contributed by atoms with Crippen molar-refractivity contribution >= 4 is 6.21 Å². The molecule has 0 aromatic heterocycles. The normalized spacial score (nSPS) is 24.4. The molecular weight excluding hydrogens is 86.1 g/mol. The summed E-state index contributed by atoms with van der Waals surface area (Å²) in [7, 11) is 0. The summed E-state index contributed by atoms with van der Waals surface area (Å²) in [5.41, 5.74) is 1.38. The highest BCUT2D eigenvalue weighted by atomic mass is 14.7. The van der Waals surface area contributed by atoms with E-state index in [1.807, 2.05) is 13.1 Å². The fraction of sp³-hybridized carbons (Fsp3) is 0.500. The Morgan fingerprint density at radius 3 is 3.00 bits per heavy atom. The minimum Gasteiger partial charge on any atom is -0.293 e. The third kappa shape index (κ3) is 0.889. The highest BCUT2D eigenvalue weighted by Gasteiger charge is 1.95. The highest BCUT2D eigenvalue weighted by molar-refractivity contribution is 5.80. The standard InChI is InChI=1S/C6H9N/c1-2-6-3-4-7-5-6/h2,5H,3-4H2,1H3. The smallest absolute Gasteiger partial charge is 0.0430 e. The van der Waals surface area contributed by atoms with Gasteiger partial charge in [-0.25, -0.2) is 0 Å². The molecule has 0 amide bonds. The number of allylic oxidation sites excluding steroid dienone is 1. The first-order chi connectivity index (χ1) is 3.43. The Morgan fingerprint density at radius 1 is 1.86 bits per heavy atom. The number of aliphatic imine (C=N–C) groups is 1. The maximum absolute atomic E-state index is 4.04. The topological polar surface area (TPSA) is 12.4 Å². The molecule has 1 rings (SSSR count). The molecule has 1 nitrogen and oxygen atoms in total. The fourth-order valence-corrected chi connectivity index (χ4v) is 0.659. The molecule has 0 bridgehead atoms. The molecule has 1 aliphatic heterocycles. The van der Waals surface area contributed by atoms with Gasteiger partial charge in [0.1, 0.15) is 0 Å². The van der Waals surface area contributed by atoms with Gasteiger partial charge in [-0.2, -0.15) is 0 Å². The molecule has 1 heteroatoms. The van der Waals surface area contributed by atoms with E-state index in [0.717, 1.165) is 13.0 Å². The van der Waals surface area contributed by atoms with Gasteiger partial charge < -0.3 is 0 Å². The average Bonchev–Trinajstić information content (AvgIpc) is 2.14. The zero-order valence-corrected chi connectivity index (χ0v) is 4.52. The third-order valence-electron chi connectivity index (χ3n) is 1.16. The van der Waals surface area contributed by atoms with Gasteiger partial charge >= 0.3 is 0 Å². The largest absolute Gasteiger partial charge is 0.293 e. The lowest BCUT2D eigenvalue weighted by Crippen LogP contribution is -1.73. The molecule has 0 atom stereocenters. The SMILES string of the molecule is CC=C1C=NCC1. The van der Waals surface area contributed by atoms with Crippen molar-refractivity contribution in [3.05, 3.63) is 11.6 Å². The van der Waals surface area contributed by atoms with Crippen LogP contribution in [0.3, 0.4) is 0 Å². The second kappa shape index (κ2) is 1.92. The van der Waals surface area contributed by atoms with Gasteiger partial charge in [-0.15, -0.1) is 0 Å². The molecule has 0 aromatic carbocycles. The Kier molecular flexibility index (Phi) is 1.25. The van der Waals surface area contributed by atoms with Gasteiger partial charge in [0.2, 0.25) is 0 Å². The van der Waals surface area contributed by atoms with Crippen molar-refractivity contribution in [2.75, 3.05) is 6.54 Å². The van der Waals surface area contributed by atoms with Crippen LogP contribution in [0.25, 0.3) is 0 Å². The van der Waals surface area contributed by atoms with Crippen LogP contribution in [-0.2, 0) is 0 Å². The van der Waals surface area contributed by atoms with Crippen LogP contribution >= 0.6 is 0 Å². The summed E-state index contributed by atoms with van der Waals surface area (Å²) in [6.07, 6.45) is 5.20. The summed E-state index contributed by atoms with van der Waals surface area (Å²) >= 11 is 0. The molecule has 0 fully saturated rings. The number of rotatable bonds is 0. The second-order valence-corrected chi connectivity index (χ2v) is 1.65. The second-order valence-electron chi connectivity index (χ2n) is 1.65. The van der Waals surface area contributed by atoms with Crippen LogP contribution < -0.4 is 0 Å². The summed E-state index contributed by atoms with van der Waals surface area (Å²) in [6, 6.07) is 0. The molecule has 0 N–H and O–H groups in total. The van der Waals surface area contributed by atoms with Crippen molar-refractivity contribution in [2.24, 2.45) is 4.99 Å². The number of hydrogen-bond acceptors (Lipinski definition) is 1. The minimum atomic E-state index is 1.000. The lowest BCUT2D eigenvalue weighted by Gasteiger charge is -1.81. The van der Waals surface area contributed by atoms with Gasteiger partial charge in [0.05, 0.1) is 0 Å². The number of hydrogen-bond donors (Lipinski definition) is 0. The molecule has 1 aliphatic rings. The summed E-state index contributed by atoms with van der Waals surface area (Å²) in [6.45, 7) is 3.05. The summed E-state index contributed by atoms with van der Waals surface area (Å²) in [5, 5.41) is 0. The Bertz CT molecular complexity index is 109. The average molecular weight is 95.1 g/mol. The Labute approximate surface area is 43.8 Å². The van der Waals surface area contributed by atoms with Gasteiger partial charge in [-0.1, -0.05) is 6.08 Å². The first kappa shape index (κ1) is 4.57. The summed E-state index contributed by atoms with van der Waals surface area (Å²) in [4.78, 5) is 4.04. The van der Waals surface area contributed by atoms with Gasteiger partial charge in [-0.3, -0.25) is 4.99 Å². The third-order valence-corrected chi connectivity index (χ3v) is 1.16. The first-order valence-corrected chi connectivity index (χ1v) is 2.58. The maximum Gasteiger partial charge on any atom is 0.0430 e. The molecule has 38 valence electrons. The van der Waals surface area contributed by atoms with Crippen LogP contribution in [0.1, 0.15) is 13.3 Å².